The van der Waals surface area contributed by atoms with Crippen LogP contribution in [-0.4, -0.2) is 22.6 Å². The summed E-state index contributed by atoms with van der Waals surface area (Å²) in [6.45, 7) is 4.78. The minimum atomic E-state index is 0.647. The highest BCUT2D eigenvalue weighted by molar-refractivity contribution is 8.01. The summed E-state index contributed by atoms with van der Waals surface area (Å²) in [6, 6.07) is 16.3. The number of benzene rings is 2. The van der Waals surface area contributed by atoms with Crippen molar-refractivity contribution in [2.45, 2.75) is 18.2 Å². The number of thioether (sulfide) groups is 1. The fourth-order valence-electron chi connectivity index (χ4n) is 2.07. The van der Waals surface area contributed by atoms with E-state index < -0.39 is 0 Å². The third kappa shape index (κ3) is 4.97. The van der Waals surface area contributed by atoms with E-state index in [2.05, 4.69) is 47.6 Å². The van der Waals surface area contributed by atoms with Crippen LogP contribution in [0.1, 0.15) is 11.1 Å². The van der Waals surface area contributed by atoms with Crippen LogP contribution < -0.4 is 10.1 Å². The third-order valence-corrected chi connectivity index (χ3v) is 5.21. The predicted octanol–water partition coefficient (Wildman–Crippen LogP) is 5.07. The molecule has 0 atom stereocenters. The van der Waals surface area contributed by atoms with Gasteiger partial charge in [-0.15, -0.1) is 10.2 Å². The molecule has 24 heavy (non-hydrogen) atoms. The number of nitrogens with one attached hydrogen (secondary N) is 1. The van der Waals surface area contributed by atoms with E-state index in [1.165, 1.54) is 11.1 Å². The number of rotatable bonds is 7. The van der Waals surface area contributed by atoms with E-state index in [1.54, 1.807) is 23.1 Å². The lowest BCUT2D eigenvalue weighted by Gasteiger charge is -2.05. The van der Waals surface area contributed by atoms with Gasteiger partial charge in [-0.3, -0.25) is 0 Å². The minimum Gasteiger partial charge on any atom is -0.493 e. The average Bonchev–Trinajstić information content (AvgIpc) is 3.01. The van der Waals surface area contributed by atoms with Crippen LogP contribution in [-0.2, 0) is 0 Å². The Balaban J connectivity index is 1.45. The second-order valence-electron chi connectivity index (χ2n) is 5.38. The van der Waals surface area contributed by atoms with Gasteiger partial charge >= 0.3 is 0 Å². The Morgan fingerprint density at radius 2 is 1.88 bits per heavy atom. The summed E-state index contributed by atoms with van der Waals surface area (Å²) >= 11 is 3.21. The van der Waals surface area contributed by atoms with Gasteiger partial charge in [-0.25, -0.2) is 0 Å². The maximum absolute atomic E-state index is 5.74. The minimum absolute atomic E-state index is 0.647. The van der Waals surface area contributed by atoms with Gasteiger partial charge in [0.05, 0.1) is 6.61 Å². The first-order chi connectivity index (χ1) is 11.7. The molecule has 1 aromatic heterocycles. The third-order valence-electron chi connectivity index (χ3n) is 3.28. The lowest BCUT2D eigenvalue weighted by atomic mass is 10.2. The zero-order valence-corrected chi connectivity index (χ0v) is 15.3. The molecule has 2 aromatic carbocycles. The quantitative estimate of drug-likeness (QED) is 0.472. The van der Waals surface area contributed by atoms with E-state index in [4.69, 9.17) is 4.74 Å². The molecule has 0 aliphatic heterocycles. The van der Waals surface area contributed by atoms with Crippen molar-refractivity contribution < 1.29 is 4.74 Å². The molecule has 4 nitrogen and oxygen atoms in total. The van der Waals surface area contributed by atoms with Crippen LogP contribution in [0.4, 0.5) is 10.8 Å². The van der Waals surface area contributed by atoms with E-state index >= 15 is 0 Å². The van der Waals surface area contributed by atoms with Gasteiger partial charge in [-0.05, 0) is 43.7 Å². The normalized spacial score (nSPS) is 10.6. The van der Waals surface area contributed by atoms with Gasteiger partial charge in [0.15, 0.2) is 4.34 Å². The van der Waals surface area contributed by atoms with Gasteiger partial charge in [0, 0.05) is 11.4 Å². The second kappa shape index (κ2) is 8.17. The predicted molar refractivity (Wildman–Crippen MR) is 102 cm³/mol. The highest BCUT2D eigenvalue weighted by atomic mass is 32.2. The summed E-state index contributed by atoms with van der Waals surface area (Å²) in [4.78, 5) is 0. The second-order valence-corrected chi connectivity index (χ2v) is 7.70. The molecule has 0 radical (unpaired) electrons. The number of nitrogens with zero attached hydrogens (tertiary/aromatic N) is 2. The molecular formula is C18H19N3OS2. The van der Waals surface area contributed by atoms with Crippen LogP contribution in [0, 0.1) is 13.8 Å². The number of hydrogen-bond acceptors (Lipinski definition) is 6. The summed E-state index contributed by atoms with van der Waals surface area (Å²) < 4.78 is 6.68. The highest BCUT2D eigenvalue weighted by Gasteiger charge is 2.05. The Bertz CT molecular complexity index is 787. The standard InChI is InChI=1S/C18H19N3OS2/c1-13-6-8-15(9-7-13)19-17-20-21-18(24-17)23-11-10-22-16-5-3-4-14(2)12-16/h3-9,12H,10-11H2,1-2H3,(H,19,20). The summed E-state index contributed by atoms with van der Waals surface area (Å²) in [5.74, 6) is 1.75. The SMILES string of the molecule is Cc1ccc(Nc2nnc(SCCOc3cccc(C)c3)s2)cc1. The Morgan fingerprint density at radius 3 is 2.67 bits per heavy atom. The van der Waals surface area contributed by atoms with Crippen molar-refractivity contribution in [3.05, 3.63) is 59.7 Å². The molecule has 0 saturated heterocycles. The molecule has 0 fully saturated rings. The first-order valence-electron chi connectivity index (χ1n) is 7.68. The van der Waals surface area contributed by atoms with Crippen LogP contribution >= 0.6 is 23.1 Å². The monoisotopic (exact) mass is 357 g/mol. The molecule has 3 aromatic rings. The first kappa shape index (κ1) is 16.8. The topological polar surface area (TPSA) is 47.0 Å². The molecule has 0 spiro atoms. The molecule has 124 valence electrons. The molecule has 6 heteroatoms. The number of hydrogen-bond donors (Lipinski definition) is 1. The van der Waals surface area contributed by atoms with E-state index in [0.29, 0.717) is 6.61 Å². The van der Waals surface area contributed by atoms with E-state index in [0.717, 1.165) is 26.7 Å². The molecule has 0 unspecified atom stereocenters. The Hall–Kier alpha value is -2.05. The Labute approximate surface area is 150 Å². The summed E-state index contributed by atoms with van der Waals surface area (Å²) in [7, 11) is 0. The van der Waals surface area contributed by atoms with E-state index in [-0.39, 0.29) is 0 Å². The molecule has 0 bridgehead atoms. The maximum Gasteiger partial charge on any atom is 0.210 e. The molecule has 1 N–H and O–H groups in total. The van der Waals surface area contributed by atoms with Crippen molar-refractivity contribution in [2.75, 3.05) is 17.7 Å². The average molecular weight is 358 g/mol. The Kier molecular flexibility index (Phi) is 5.72. The van der Waals surface area contributed by atoms with E-state index in [1.807, 2.05) is 30.3 Å². The van der Waals surface area contributed by atoms with Crippen LogP contribution in [0.5, 0.6) is 5.75 Å². The largest absolute Gasteiger partial charge is 0.493 e. The van der Waals surface area contributed by atoms with Gasteiger partial charge in [0.2, 0.25) is 5.13 Å². The molecular weight excluding hydrogens is 338 g/mol. The number of aromatic nitrogens is 2. The zero-order valence-electron chi connectivity index (χ0n) is 13.7. The van der Waals surface area contributed by atoms with Gasteiger partial charge in [-0.2, -0.15) is 0 Å². The first-order valence-corrected chi connectivity index (χ1v) is 9.49. The van der Waals surface area contributed by atoms with Crippen molar-refractivity contribution in [1.82, 2.24) is 10.2 Å². The van der Waals surface area contributed by atoms with Crippen molar-refractivity contribution in [1.29, 1.82) is 0 Å². The van der Waals surface area contributed by atoms with Crippen LogP contribution in [0.3, 0.4) is 0 Å². The number of aryl methyl sites for hydroxylation is 2. The highest BCUT2D eigenvalue weighted by Crippen LogP contribution is 2.27. The van der Waals surface area contributed by atoms with Gasteiger partial charge in [0.25, 0.3) is 0 Å². The lowest BCUT2D eigenvalue weighted by molar-refractivity contribution is 0.343. The molecule has 3 rings (SSSR count). The molecule has 0 saturated carbocycles. The fraction of sp³-hybridized carbons (Fsp3) is 0.222. The Morgan fingerprint density at radius 1 is 1.04 bits per heavy atom. The van der Waals surface area contributed by atoms with Crippen LogP contribution in [0.15, 0.2) is 52.9 Å². The summed E-state index contributed by atoms with van der Waals surface area (Å²) in [5, 5.41) is 12.5. The van der Waals surface area contributed by atoms with Crippen LogP contribution in [0.25, 0.3) is 0 Å². The summed E-state index contributed by atoms with van der Waals surface area (Å²) in [5.41, 5.74) is 3.47. The number of anilines is 2. The van der Waals surface area contributed by atoms with E-state index in [9.17, 15) is 0 Å². The number of ether oxygens (including phenoxy) is 1. The fourth-order valence-corrected chi connectivity index (χ4v) is 3.73. The molecule has 1 heterocycles. The smallest absolute Gasteiger partial charge is 0.210 e. The molecule has 0 aliphatic carbocycles. The lowest BCUT2D eigenvalue weighted by Crippen LogP contribution is -1.99. The van der Waals surface area contributed by atoms with Crippen molar-refractivity contribution >= 4 is 33.9 Å². The van der Waals surface area contributed by atoms with Gasteiger partial charge < -0.3 is 10.1 Å². The van der Waals surface area contributed by atoms with Gasteiger partial charge in [-0.1, -0.05) is 52.9 Å². The van der Waals surface area contributed by atoms with Crippen molar-refractivity contribution in [2.24, 2.45) is 0 Å². The molecule has 0 aliphatic rings. The zero-order chi connectivity index (χ0) is 16.8. The summed E-state index contributed by atoms with van der Waals surface area (Å²) in [6.07, 6.45) is 0. The van der Waals surface area contributed by atoms with Crippen molar-refractivity contribution in [3.63, 3.8) is 0 Å². The van der Waals surface area contributed by atoms with Gasteiger partial charge in [0.1, 0.15) is 5.75 Å². The molecule has 0 amide bonds. The maximum atomic E-state index is 5.74. The van der Waals surface area contributed by atoms with Crippen molar-refractivity contribution in [3.8, 4) is 5.75 Å². The van der Waals surface area contributed by atoms with Crippen LogP contribution in [0.2, 0.25) is 0 Å².